The second kappa shape index (κ2) is 8.72. The highest BCUT2D eigenvalue weighted by atomic mass is 16.3. The maximum atomic E-state index is 9.14. The summed E-state index contributed by atoms with van der Waals surface area (Å²) in [5.41, 5.74) is -1.33. The molecule has 0 N–H and O–H groups in total. The monoisotopic (exact) mass is 516 g/mol. The van der Waals surface area contributed by atoms with Gasteiger partial charge in [0, 0.05) is 16.3 Å². The third-order valence-corrected chi connectivity index (χ3v) is 6.52. The molecule has 0 spiro atoms. The van der Waals surface area contributed by atoms with Crippen LogP contribution in [-0.2, 0) is 0 Å². The van der Waals surface area contributed by atoms with Gasteiger partial charge >= 0.3 is 0 Å². The molecular formula is C38H24O. The minimum atomic E-state index is -0.789. The van der Waals surface area contributed by atoms with Gasteiger partial charge in [-0.25, -0.2) is 0 Å². The summed E-state index contributed by atoms with van der Waals surface area (Å²) in [4.78, 5) is 0. The van der Waals surface area contributed by atoms with Crippen LogP contribution >= 0.6 is 0 Å². The predicted octanol–water partition coefficient (Wildman–Crippen LogP) is 10.9. The Kier molecular flexibility index (Phi) is 2.21. The first-order chi connectivity index (χ1) is 27.7. The number of hydrogen-bond donors (Lipinski definition) is 0. The van der Waals surface area contributed by atoms with Crippen molar-refractivity contribution in [1.82, 2.24) is 0 Å². The fourth-order valence-electron chi connectivity index (χ4n) is 4.87. The average Bonchev–Trinajstić information content (AvgIpc) is 3.62. The molecule has 0 radical (unpaired) electrons. The molecular weight excluding hydrogens is 472 g/mol. The molecule has 1 nitrogen and oxygen atoms in total. The quantitative estimate of drug-likeness (QED) is 0.213. The number of fused-ring (bicyclic) bond motifs is 5. The number of para-hydroxylation sites is 2. The van der Waals surface area contributed by atoms with Gasteiger partial charge in [0.25, 0.3) is 0 Å². The van der Waals surface area contributed by atoms with Crippen LogP contribution in [0.1, 0.15) is 27.4 Å². The van der Waals surface area contributed by atoms with Gasteiger partial charge in [-0.15, -0.1) is 0 Å². The van der Waals surface area contributed by atoms with Gasteiger partial charge in [0.1, 0.15) is 11.2 Å². The van der Waals surface area contributed by atoms with Gasteiger partial charge in [0.15, 0.2) is 0 Å². The zero-order valence-electron chi connectivity index (χ0n) is 39.7. The van der Waals surface area contributed by atoms with E-state index in [-0.39, 0.29) is 65.7 Å². The molecule has 8 aromatic rings. The van der Waals surface area contributed by atoms with Crippen molar-refractivity contribution in [3.8, 4) is 33.4 Å². The van der Waals surface area contributed by atoms with E-state index in [0.717, 1.165) is 0 Å². The number of benzene rings is 7. The second-order valence-corrected chi connectivity index (χ2v) is 8.59. The fourth-order valence-corrected chi connectivity index (χ4v) is 4.87. The summed E-state index contributed by atoms with van der Waals surface area (Å²) >= 11 is 0. The lowest BCUT2D eigenvalue weighted by Gasteiger charge is -2.18. The van der Waals surface area contributed by atoms with E-state index in [4.69, 9.17) is 31.8 Å². The molecule has 0 bridgehead atoms. The molecule has 0 unspecified atom stereocenters. The van der Waals surface area contributed by atoms with E-state index in [1.807, 2.05) is 0 Å². The number of hydrogen-bond acceptors (Lipinski definition) is 1. The van der Waals surface area contributed by atoms with E-state index in [9.17, 15) is 0 Å². The molecule has 7 aromatic carbocycles. The molecule has 182 valence electrons. The zero-order valence-corrected chi connectivity index (χ0v) is 19.7. The summed E-state index contributed by atoms with van der Waals surface area (Å²) in [6.45, 7) is 0. The summed E-state index contributed by atoms with van der Waals surface area (Å²) in [6.07, 6.45) is 0. The molecule has 0 aliphatic rings. The first-order valence-corrected chi connectivity index (χ1v) is 11.7. The summed E-state index contributed by atoms with van der Waals surface area (Å²) in [5, 5.41) is -1.62. The molecule has 0 atom stereocenters. The Morgan fingerprint density at radius 1 is 0.385 bits per heavy atom. The van der Waals surface area contributed by atoms with Crippen molar-refractivity contribution in [3.63, 3.8) is 0 Å². The highest BCUT2D eigenvalue weighted by molar-refractivity contribution is 6.21. The van der Waals surface area contributed by atoms with Gasteiger partial charge in [-0.3, -0.25) is 0 Å². The Bertz CT molecular complexity index is 3150. The average molecular weight is 517 g/mol. The van der Waals surface area contributed by atoms with Crippen LogP contribution < -0.4 is 0 Å². The highest BCUT2D eigenvalue weighted by Gasteiger charge is 2.17. The largest absolute Gasteiger partial charge is 0.455 e. The van der Waals surface area contributed by atoms with Gasteiger partial charge < -0.3 is 4.42 Å². The van der Waals surface area contributed by atoms with Crippen LogP contribution in [0.4, 0.5) is 0 Å². The number of rotatable bonds is 3. The van der Waals surface area contributed by atoms with Crippen LogP contribution in [0.2, 0.25) is 0 Å². The second-order valence-electron chi connectivity index (χ2n) is 8.59. The lowest BCUT2D eigenvalue weighted by Crippen LogP contribution is -1.90. The van der Waals surface area contributed by atoms with Crippen LogP contribution in [0.5, 0.6) is 0 Å². The van der Waals surface area contributed by atoms with Crippen LogP contribution in [0, 0.1) is 0 Å². The van der Waals surface area contributed by atoms with Crippen LogP contribution in [0.3, 0.4) is 0 Å². The maximum Gasteiger partial charge on any atom is 0.143 e. The Hall–Kier alpha value is -5.14. The van der Waals surface area contributed by atoms with Gasteiger partial charge in [-0.1, -0.05) is 139 Å². The van der Waals surface area contributed by atoms with Crippen molar-refractivity contribution < 1.29 is 31.8 Å². The molecule has 1 heteroatoms. The SMILES string of the molecule is [2H]c1c([2H])c([2H])c(-c2c3c([2H])c([2H])c([2H])c([2H])c3c(-c3ccc(-c4c([2H])c([2H])c([2H])c5c4oc4c([2H])c([2H])c([2H])c([2H])c45)cc3)c3c([2H])c([2H])c([2H])c([2H])c23)c([2H])c1[2H]. The summed E-state index contributed by atoms with van der Waals surface area (Å²) in [5.74, 6) is 0. The van der Waals surface area contributed by atoms with Gasteiger partial charge in [-0.05, 0) is 55.4 Å². The summed E-state index contributed by atoms with van der Waals surface area (Å²) in [6, 6.07) is -7.74. The molecule has 39 heavy (non-hydrogen) atoms. The van der Waals surface area contributed by atoms with Crippen LogP contribution in [0.15, 0.2) is 150 Å². The van der Waals surface area contributed by atoms with Crippen molar-refractivity contribution in [3.05, 3.63) is 145 Å². The third kappa shape index (κ3) is 3.41. The topological polar surface area (TPSA) is 13.1 Å². The van der Waals surface area contributed by atoms with Crippen LogP contribution in [-0.4, -0.2) is 0 Å². The van der Waals surface area contributed by atoms with Crippen molar-refractivity contribution in [2.45, 2.75) is 0 Å². The smallest absolute Gasteiger partial charge is 0.143 e. The molecule has 0 aliphatic heterocycles. The van der Waals surface area contributed by atoms with Crippen molar-refractivity contribution >= 4 is 43.5 Å². The predicted molar refractivity (Wildman–Crippen MR) is 165 cm³/mol. The number of furan rings is 1. The Labute approximate surface area is 254 Å². The summed E-state index contributed by atoms with van der Waals surface area (Å²) < 4.78 is 179. The first-order valence-electron chi connectivity index (χ1n) is 21.7. The van der Waals surface area contributed by atoms with E-state index in [1.165, 1.54) is 24.3 Å². The normalized spacial score (nSPS) is 18.8. The lowest BCUT2D eigenvalue weighted by molar-refractivity contribution is 0.670. The molecule has 1 heterocycles. The zero-order chi connectivity index (χ0) is 43.2. The minimum Gasteiger partial charge on any atom is -0.455 e. The van der Waals surface area contributed by atoms with E-state index in [2.05, 4.69) is 0 Å². The first kappa shape index (κ1) is 9.87. The summed E-state index contributed by atoms with van der Waals surface area (Å²) in [7, 11) is 0. The molecule has 0 fully saturated rings. The van der Waals surface area contributed by atoms with E-state index in [1.54, 1.807) is 0 Å². The van der Waals surface area contributed by atoms with E-state index >= 15 is 0 Å². The molecule has 1 aromatic heterocycles. The molecule has 0 saturated carbocycles. The standard InChI is InChI=1S/C38H24O/c1-2-11-26(12-3-1)36-30-14-4-6-16-32(30)37(33-17-7-5-15-31(33)36)27-23-21-25(22-24-27)28-18-10-19-34-29-13-8-9-20-35(29)39-38(28)34/h1-24H/i1D,2D,3D,4D,5D,6D,7D,8D,9D,10D,11D,12D,13D,14D,15D,16D,17D,18D,19D,20D. The maximum absolute atomic E-state index is 9.14. The fraction of sp³-hybridized carbons (Fsp3) is 0. The van der Waals surface area contributed by atoms with Gasteiger partial charge in [-0.2, -0.15) is 0 Å². The van der Waals surface area contributed by atoms with E-state index in [0.29, 0.717) is 0 Å². The Morgan fingerprint density at radius 3 is 1.51 bits per heavy atom. The van der Waals surface area contributed by atoms with Gasteiger partial charge in [0.2, 0.25) is 0 Å². The third-order valence-electron chi connectivity index (χ3n) is 6.52. The Balaban J connectivity index is 1.54. The molecule has 8 rings (SSSR count). The van der Waals surface area contributed by atoms with Crippen molar-refractivity contribution in [1.29, 1.82) is 0 Å². The van der Waals surface area contributed by atoms with Crippen LogP contribution in [0.25, 0.3) is 76.9 Å². The van der Waals surface area contributed by atoms with E-state index < -0.39 is 132 Å². The lowest BCUT2D eigenvalue weighted by atomic mass is 9.86. The molecule has 0 amide bonds. The van der Waals surface area contributed by atoms with Crippen molar-refractivity contribution in [2.24, 2.45) is 0 Å². The minimum absolute atomic E-state index is 0.0595. The highest BCUT2D eigenvalue weighted by Crippen LogP contribution is 2.44. The molecule has 0 saturated heterocycles. The Morgan fingerprint density at radius 2 is 0.872 bits per heavy atom. The molecule has 0 aliphatic carbocycles. The van der Waals surface area contributed by atoms with Gasteiger partial charge in [0.05, 0.1) is 27.4 Å². The van der Waals surface area contributed by atoms with Crippen molar-refractivity contribution in [2.75, 3.05) is 0 Å².